The molecule has 132 valence electrons. The molecule has 3 aromatic rings. The second-order valence-electron chi connectivity index (χ2n) is 6.16. The van der Waals surface area contributed by atoms with E-state index >= 15 is 0 Å². The van der Waals surface area contributed by atoms with E-state index < -0.39 is 5.66 Å². The summed E-state index contributed by atoms with van der Waals surface area (Å²) in [5.41, 5.74) is 9.60. The number of para-hydroxylation sites is 1. The zero-order valence-corrected chi connectivity index (χ0v) is 14.3. The summed E-state index contributed by atoms with van der Waals surface area (Å²) in [6, 6.07) is 15.7. The summed E-state index contributed by atoms with van der Waals surface area (Å²) in [4.78, 5) is 4.69. The van der Waals surface area contributed by atoms with Crippen LogP contribution in [0.25, 0.3) is 0 Å². The predicted molar refractivity (Wildman–Crippen MR) is 100 cm³/mol. The average molecular weight is 350 g/mol. The lowest BCUT2D eigenvalue weighted by Crippen LogP contribution is -2.44. The van der Waals surface area contributed by atoms with E-state index in [-0.39, 0.29) is 5.82 Å². The highest BCUT2D eigenvalue weighted by Gasteiger charge is 2.37. The van der Waals surface area contributed by atoms with Crippen molar-refractivity contribution in [2.75, 3.05) is 10.6 Å². The van der Waals surface area contributed by atoms with Crippen molar-refractivity contribution >= 4 is 17.3 Å². The van der Waals surface area contributed by atoms with Gasteiger partial charge >= 0.3 is 0 Å². The van der Waals surface area contributed by atoms with Crippen molar-refractivity contribution in [3.05, 3.63) is 77.4 Å². The van der Waals surface area contributed by atoms with E-state index in [2.05, 4.69) is 25.8 Å². The van der Waals surface area contributed by atoms with Gasteiger partial charge in [0.25, 0.3) is 0 Å². The Hall–Kier alpha value is -3.19. The van der Waals surface area contributed by atoms with E-state index in [4.69, 9.17) is 5.73 Å². The van der Waals surface area contributed by atoms with Crippen molar-refractivity contribution in [1.29, 1.82) is 0 Å². The SMILES string of the molecule is CCc1cc(C2(N)N=C(Nc3ccc(F)cc3)Nc3ccccc32)n[nH]1. The minimum atomic E-state index is -1.13. The van der Waals surface area contributed by atoms with Crippen LogP contribution < -0.4 is 16.4 Å². The van der Waals surface area contributed by atoms with Gasteiger partial charge in [-0.15, -0.1) is 0 Å². The Morgan fingerprint density at radius 2 is 1.92 bits per heavy atom. The Kier molecular flexibility index (Phi) is 3.93. The van der Waals surface area contributed by atoms with Gasteiger partial charge in [0.1, 0.15) is 11.5 Å². The molecule has 0 radical (unpaired) electrons. The molecule has 0 aliphatic carbocycles. The molecule has 5 N–H and O–H groups in total. The van der Waals surface area contributed by atoms with Crippen LogP contribution in [0.15, 0.2) is 59.6 Å². The summed E-state index contributed by atoms with van der Waals surface area (Å²) >= 11 is 0. The van der Waals surface area contributed by atoms with Crippen LogP contribution in [0.1, 0.15) is 23.9 Å². The maximum Gasteiger partial charge on any atom is 0.202 e. The molecule has 0 saturated heterocycles. The van der Waals surface area contributed by atoms with Crippen molar-refractivity contribution in [3.8, 4) is 0 Å². The molecule has 7 heteroatoms. The lowest BCUT2D eigenvalue weighted by Gasteiger charge is -2.32. The van der Waals surface area contributed by atoms with Gasteiger partial charge in [-0.1, -0.05) is 25.1 Å². The van der Waals surface area contributed by atoms with Gasteiger partial charge in [0.2, 0.25) is 5.96 Å². The number of rotatable bonds is 3. The van der Waals surface area contributed by atoms with Crippen molar-refractivity contribution in [2.24, 2.45) is 10.7 Å². The molecule has 1 aliphatic heterocycles. The van der Waals surface area contributed by atoms with Crippen LogP contribution >= 0.6 is 0 Å². The normalized spacial score (nSPS) is 18.7. The van der Waals surface area contributed by atoms with Crippen LogP contribution in [0.5, 0.6) is 0 Å². The molecule has 0 amide bonds. The molecule has 1 aliphatic rings. The smallest absolute Gasteiger partial charge is 0.202 e. The number of anilines is 2. The maximum absolute atomic E-state index is 13.1. The third-order valence-electron chi connectivity index (χ3n) is 4.39. The zero-order chi connectivity index (χ0) is 18.1. The number of halogens is 1. The van der Waals surface area contributed by atoms with Gasteiger partial charge in [0, 0.05) is 22.6 Å². The average Bonchev–Trinajstić information content (AvgIpc) is 3.14. The number of benzene rings is 2. The largest absolute Gasteiger partial charge is 0.326 e. The van der Waals surface area contributed by atoms with Crippen molar-refractivity contribution in [1.82, 2.24) is 10.2 Å². The maximum atomic E-state index is 13.1. The molecule has 0 fully saturated rings. The first-order chi connectivity index (χ1) is 12.6. The topological polar surface area (TPSA) is 91.1 Å². The van der Waals surface area contributed by atoms with Crippen LogP contribution in [0.4, 0.5) is 15.8 Å². The molecular weight excluding hydrogens is 331 g/mol. The molecule has 0 bridgehead atoms. The van der Waals surface area contributed by atoms with Gasteiger partial charge in [-0.05, 0) is 42.8 Å². The molecule has 26 heavy (non-hydrogen) atoms. The van der Waals surface area contributed by atoms with Crippen molar-refractivity contribution in [3.63, 3.8) is 0 Å². The minimum absolute atomic E-state index is 0.295. The molecule has 0 spiro atoms. The lowest BCUT2D eigenvalue weighted by molar-refractivity contribution is 0.547. The number of guanidine groups is 1. The number of aromatic amines is 1. The Morgan fingerprint density at radius 1 is 1.15 bits per heavy atom. The first-order valence-electron chi connectivity index (χ1n) is 8.41. The van der Waals surface area contributed by atoms with Crippen LogP contribution in [0.3, 0.4) is 0 Å². The van der Waals surface area contributed by atoms with Gasteiger partial charge in [-0.25, -0.2) is 9.38 Å². The number of aryl methyl sites for hydroxylation is 1. The van der Waals surface area contributed by atoms with E-state index in [1.807, 2.05) is 37.3 Å². The number of nitrogens with two attached hydrogens (primary N) is 1. The molecule has 6 nitrogen and oxygen atoms in total. The molecule has 0 saturated carbocycles. The molecule has 1 atom stereocenters. The van der Waals surface area contributed by atoms with Crippen LogP contribution in [-0.2, 0) is 12.1 Å². The quantitative estimate of drug-likeness (QED) is 0.584. The summed E-state index contributed by atoms with van der Waals surface area (Å²) in [6.45, 7) is 2.04. The number of H-pyrrole nitrogens is 1. The Balaban J connectivity index is 1.76. The second kappa shape index (κ2) is 6.27. The Labute approximate surface area is 150 Å². The Morgan fingerprint density at radius 3 is 2.65 bits per heavy atom. The predicted octanol–water partition coefficient (Wildman–Crippen LogP) is 3.16. The molecule has 1 unspecified atom stereocenters. The number of fused-ring (bicyclic) bond motifs is 1. The second-order valence-corrected chi connectivity index (χ2v) is 6.16. The molecule has 2 aromatic carbocycles. The summed E-state index contributed by atoms with van der Waals surface area (Å²) in [5.74, 6) is 0.176. The number of nitrogens with one attached hydrogen (secondary N) is 3. The first kappa shape index (κ1) is 16.3. The summed E-state index contributed by atoms with van der Waals surface area (Å²) in [6.07, 6.45) is 0.827. The van der Waals surface area contributed by atoms with Crippen molar-refractivity contribution < 1.29 is 4.39 Å². The van der Waals surface area contributed by atoms with Gasteiger partial charge in [-0.3, -0.25) is 10.8 Å². The Bertz CT molecular complexity index is 962. The summed E-state index contributed by atoms with van der Waals surface area (Å²) in [5, 5.41) is 13.8. The summed E-state index contributed by atoms with van der Waals surface area (Å²) < 4.78 is 13.1. The minimum Gasteiger partial charge on any atom is -0.326 e. The number of aromatic nitrogens is 2. The highest BCUT2D eigenvalue weighted by Crippen LogP contribution is 2.36. The van der Waals surface area contributed by atoms with Gasteiger partial charge < -0.3 is 10.6 Å². The third-order valence-corrected chi connectivity index (χ3v) is 4.39. The van der Waals surface area contributed by atoms with E-state index in [0.29, 0.717) is 17.3 Å². The fourth-order valence-corrected chi connectivity index (χ4v) is 2.98. The lowest BCUT2D eigenvalue weighted by atomic mass is 9.94. The van der Waals surface area contributed by atoms with Crippen LogP contribution in [0.2, 0.25) is 0 Å². The number of hydrogen-bond donors (Lipinski definition) is 4. The highest BCUT2D eigenvalue weighted by molar-refractivity contribution is 6.05. The van der Waals surface area contributed by atoms with Crippen LogP contribution in [-0.4, -0.2) is 16.2 Å². The fraction of sp³-hybridized carbons (Fsp3) is 0.158. The molecule has 1 aromatic heterocycles. The molecule has 2 heterocycles. The number of aliphatic imine (C=N–C) groups is 1. The third kappa shape index (κ3) is 2.82. The van der Waals surface area contributed by atoms with E-state index in [0.717, 1.165) is 23.4 Å². The van der Waals surface area contributed by atoms with Gasteiger partial charge in [0.05, 0.1) is 0 Å². The number of nitrogens with zero attached hydrogens (tertiary/aromatic N) is 2. The summed E-state index contributed by atoms with van der Waals surface area (Å²) in [7, 11) is 0. The monoisotopic (exact) mass is 350 g/mol. The van der Waals surface area contributed by atoms with Gasteiger partial charge in [0.15, 0.2) is 5.66 Å². The fourth-order valence-electron chi connectivity index (χ4n) is 2.98. The van der Waals surface area contributed by atoms with E-state index in [1.165, 1.54) is 12.1 Å². The molecular formula is C19H19FN6. The van der Waals surface area contributed by atoms with Gasteiger partial charge in [-0.2, -0.15) is 5.10 Å². The molecule has 4 rings (SSSR count). The van der Waals surface area contributed by atoms with Crippen molar-refractivity contribution in [2.45, 2.75) is 19.0 Å². The van der Waals surface area contributed by atoms with Crippen LogP contribution in [0, 0.1) is 5.82 Å². The van der Waals surface area contributed by atoms with E-state index in [1.54, 1.807) is 12.1 Å². The zero-order valence-electron chi connectivity index (χ0n) is 14.3. The van der Waals surface area contributed by atoms with E-state index in [9.17, 15) is 4.39 Å². The highest BCUT2D eigenvalue weighted by atomic mass is 19.1. The standard InChI is InChI=1S/C19H19FN6/c1-2-13-11-17(26-25-13)19(21)15-5-3-4-6-16(15)23-18(24-19)22-14-9-7-12(20)8-10-14/h3-11H,2,21H2,1H3,(H,25,26)(H2,22,23,24). The first-order valence-corrected chi connectivity index (χ1v) is 8.41. The number of hydrogen-bond acceptors (Lipinski definition) is 5.